The van der Waals surface area contributed by atoms with E-state index < -0.39 is 0 Å². The minimum absolute atomic E-state index is 0.174. The zero-order valence-corrected chi connectivity index (χ0v) is 12.3. The first-order valence-electron chi connectivity index (χ1n) is 7.15. The van der Waals surface area contributed by atoms with Crippen LogP contribution in [-0.4, -0.2) is 17.4 Å². The van der Waals surface area contributed by atoms with Gasteiger partial charge in [0.1, 0.15) is 5.56 Å². The van der Waals surface area contributed by atoms with Crippen LogP contribution in [0, 0.1) is 5.92 Å². The molecule has 0 atom stereocenters. The van der Waals surface area contributed by atoms with Crippen molar-refractivity contribution in [3.8, 4) is 11.1 Å². The number of rotatable bonds is 5. The van der Waals surface area contributed by atoms with Crippen LogP contribution >= 0.6 is 0 Å². The molecule has 4 heteroatoms. The van der Waals surface area contributed by atoms with E-state index in [1.165, 1.54) is 0 Å². The molecule has 110 valence electrons. The van der Waals surface area contributed by atoms with Crippen molar-refractivity contribution in [3.05, 3.63) is 58.5 Å². The van der Waals surface area contributed by atoms with Crippen LogP contribution in [0.1, 0.15) is 30.6 Å². The van der Waals surface area contributed by atoms with Gasteiger partial charge in [-0.3, -0.25) is 9.59 Å². The molecule has 0 unspecified atom stereocenters. The molecular weight excluding hydrogens is 264 g/mol. The van der Waals surface area contributed by atoms with Crippen molar-refractivity contribution in [1.29, 1.82) is 0 Å². The van der Waals surface area contributed by atoms with Crippen molar-refractivity contribution in [1.82, 2.24) is 10.3 Å². The summed E-state index contributed by atoms with van der Waals surface area (Å²) in [6.45, 7) is 4.76. The summed E-state index contributed by atoms with van der Waals surface area (Å²) in [4.78, 5) is 26.9. The van der Waals surface area contributed by atoms with E-state index in [0.29, 0.717) is 18.0 Å². The summed E-state index contributed by atoms with van der Waals surface area (Å²) in [7, 11) is 0. The Balaban J connectivity index is 2.31. The SMILES string of the molecule is CC(C)CCNC(=O)c1c(-c2ccccc2)cc[nH]c1=O. The smallest absolute Gasteiger partial charge is 0.261 e. The van der Waals surface area contributed by atoms with Gasteiger partial charge in [0.05, 0.1) is 0 Å². The molecule has 2 aromatic rings. The highest BCUT2D eigenvalue weighted by molar-refractivity contribution is 6.00. The molecule has 1 heterocycles. The second-order valence-corrected chi connectivity index (χ2v) is 5.40. The average molecular weight is 284 g/mol. The molecule has 1 aromatic carbocycles. The summed E-state index contributed by atoms with van der Waals surface area (Å²) >= 11 is 0. The summed E-state index contributed by atoms with van der Waals surface area (Å²) in [5.41, 5.74) is 1.32. The molecule has 1 amide bonds. The second kappa shape index (κ2) is 6.88. The number of benzene rings is 1. The largest absolute Gasteiger partial charge is 0.352 e. The summed E-state index contributed by atoms with van der Waals surface area (Å²) in [6.07, 6.45) is 2.45. The molecule has 0 spiro atoms. The number of hydrogen-bond acceptors (Lipinski definition) is 2. The second-order valence-electron chi connectivity index (χ2n) is 5.40. The Morgan fingerprint density at radius 3 is 2.57 bits per heavy atom. The van der Waals surface area contributed by atoms with Crippen LogP contribution in [0.15, 0.2) is 47.4 Å². The van der Waals surface area contributed by atoms with Gasteiger partial charge in [0.15, 0.2) is 0 Å². The van der Waals surface area contributed by atoms with Crippen LogP contribution in [0.5, 0.6) is 0 Å². The molecule has 0 saturated carbocycles. The number of hydrogen-bond donors (Lipinski definition) is 2. The van der Waals surface area contributed by atoms with Gasteiger partial charge in [-0.15, -0.1) is 0 Å². The third kappa shape index (κ3) is 3.81. The van der Waals surface area contributed by atoms with E-state index in [9.17, 15) is 9.59 Å². The molecule has 4 nitrogen and oxygen atoms in total. The van der Waals surface area contributed by atoms with E-state index in [-0.39, 0.29) is 17.0 Å². The predicted octanol–water partition coefficient (Wildman–Crippen LogP) is 2.82. The fraction of sp³-hybridized carbons (Fsp3) is 0.294. The third-order valence-electron chi connectivity index (χ3n) is 3.28. The molecule has 0 aliphatic carbocycles. The van der Waals surface area contributed by atoms with E-state index in [4.69, 9.17) is 0 Å². The Bertz CT molecular complexity index is 660. The Morgan fingerprint density at radius 1 is 1.19 bits per heavy atom. The monoisotopic (exact) mass is 284 g/mol. The maximum atomic E-state index is 12.3. The molecule has 1 aromatic heterocycles. The van der Waals surface area contributed by atoms with Crippen molar-refractivity contribution in [2.75, 3.05) is 6.54 Å². The summed E-state index contributed by atoms with van der Waals surface area (Å²) in [5, 5.41) is 2.82. The topological polar surface area (TPSA) is 62.0 Å². The van der Waals surface area contributed by atoms with Crippen LogP contribution in [0.25, 0.3) is 11.1 Å². The number of carbonyl (C=O) groups excluding carboxylic acids is 1. The standard InChI is InChI=1S/C17H20N2O2/c1-12(2)8-10-18-16(20)15-14(9-11-19-17(15)21)13-6-4-3-5-7-13/h3-7,9,11-12H,8,10H2,1-2H3,(H,18,20)(H,19,21). The predicted molar refractivity (Wildman–Crippen MR) is 84.3 cm³/mol. The van der Waals surface area contributed by atoms with Crippen LogP contribution in [0.3, 0.4) is 0 Å². The molecule has 2 rings (SSSR count). The average Bonchev–Trinajstić information content (AvgIpc) is 2.47. The van der Waals surface area contributed by atoms with Crippen molar-refractivity contribution in [2.45, 2.75) is 20.3 Å². The van der Waals surface area contributed by atoms with E-state index in [0.717, 1.165) is 12.0 Å². The number of aromatic nitrogens is 1. The van der Waals surface area contributed by atoms with Gasteiger partial charge in [0.25, 0.3) is 11.5 Å². The van der Waals surface area contributed by atoms with Gasteiger partial charge in [0, 0.05) is 18.3 Å². The zero-order chi connectivity index (χ0) is 15.2. The number of amides is 1. The fourth-order valence-corrected chi connectivity index (χ4v) is 2.12. The summed E-state index contributed by atoms with van der Waals surface area (Å²) in [5.74, 6) is 0.185. The lowest BCUT2D eigenvalue weighted by Gasteiger charge is -2.10. The molecule has 0 saturated heterocycles. The molecule has 0 aliphatic heterocycles. The highest BCUT2D eigenvalue weighted by Crippen LogP contribution is 2.20. The van der Waals surface area contributed by atoms with Gasteiger partial charge in [0.2, 0.25) is 0 Å². The van der Waals surface area contributed by atoms with Crippen LogP contribution in [0.4, 0.5) is 0 Å². The maximum Gasteiger partial charge on any atom is 0.261 e. The van der Waals surface area contributed by atoms with Crippen LogP contribution in [0.2, 0.25) is 0 Å². The van der Waals surface area contributed by atoms with Gasteiger partial charge in [-0.1, -0.05) is 44.2 Å². The van der Waals surface area contributed by atoms with Gasteiger partial charge in [-0.25, -0.2) is 0 Å². The van der Waals surface area contributed by atoms with Gasteiger partial charge in [-0.2, -0.15) is 0 Å². The van der Waals surface area contributed by atoms with Crippen molar-refractivity contribution < 1.29 is 4.79 Å². The minimum Gasteiger partial charge on any atom is -0.352 e. The highest BCUT2D eigenvalue weighted by atomic mass is 16.2. The first kappa shape index (κ1) is 15.0. The summed E-state index contributed by atoms with van der Waals surface area (Å²) < 4.78 is 0. The first-order chi connectivity index (χ1) is 10.1. The Labute approximate surface area is 124 Å². The lowest BCUT2D eigenvalue weighted by atomic mass is 10.0. The Hall–Kier alpha value is -2.36. The summed E-state index contributed by atoms with van der Waals surface area (Å²) in [6, 6.07) is 11.2. The normalized spacial score (nSPS) is 10.6. The molecule has 0 aliphatic rings. The molecule has 0 bridgehead atoms. The van der Waals surface area contributed by atoms with Crippen molar-refractivity contribution >= 4 is 5.91 Å². The van der Waals surface area contributed by atoms with Gasteiger partial charge in [-0.05, 0) is 24.0 Å². The number of aromatic amines is 1. The molecule has 21 heavy (non-hydrogen) atoms. The quantitative estimate of drug-likeness (QED) is 0.887. The molecule has 0 fully saturated rings. The zero-order valence-electron chi connectivity index (χ0n) is 12.3. The van der Waals surface area contributed by atoms with E-state index in [2.05, 4.69) is 24.1 Å². The maximum absolute atomic E-state index is 12.3. The number of pyridine rings is 1. The fourth-order valence-electron chi connectivity index (χ4n) is 2.12. The van der Waals surface area contributed by atoms with Crippen molar-refractivity contribution in [3.63, 3.8) is 0 Å². The molecular formula is C17H20N2O2. The van der Waals surface area contributed by atoms with Gasteiger partial charge < -0.3 is 10.3 Å². The number of carbonyl (C=O) groups is 1. The van der Waals surface area contributed by atoms with Crippen LogP contribution < -0.4 is 10.9 Å². The van der Waals surface area contributed by atoms with E-state index in [1.807, 2.05) is 30.3 Å². The van der Waals surface area contributed by atoms with Crippen LogP contribution in [-0.2, 0) is 0 Å². The van der Waals surface area contributed by atoms with Gasteiger partial charge >= 0.3 is 0 Å². The molecule has 2 N–H and O–H groups in total. The lowest BCUT2D eigenvalue weighted by Crippen LogP contribution is -2.31. The third-order valence-corrected chi connectivity index (χ3v) is 3.28. The van der Waals surface area contributed by atoms with Crippen molar-refractivity contribution in [2.24, 2.45) is 5.92 Å². The molecule has 0 radical (unpaired) electrons. The Morgan fingerprint density at radius 2 is 1.90 bits per heavy atom. The Kier molecular flexibility index (Phi) is 4.93. The number of H-pyrrole nitrogens is 1. The number of nitrogens with one attached hydrogen (secondary N) is 2. The minimum atomic E-state index is -0.363. The lowest BCUT2D eigenvalue weighted by molar-refractivity contribution is 0.0951. The first-order valence-corrected chi connectivity index (χ1v) is 7.15. The van der Waals surface area contributed by atoms with E-state index >= 15 is 0 Å². The highest BCUT2D eigenvalue weighted by Gasteiger charge is 2.16. The van der Waals surface area contributed by atoms with E-state index in [1.54, 1.807) is 12.3 Å².